The third kappa shape index (κ3) is 2.02. The van der Waals surface area contributed by atoms with E-state index in [0.29, 0.717) is 11.1 Å². The maximum Gasteiger partial charge on any atom is 0.338 e. The molecule has 5 nitrogen and oxygen atoms in total. The quantitative estimate of drug-likeness (QED) is 0.731. The summed E-state index contributed by atoms with van der Waals surface area (Å²) < 4.78 is 10.8. The largest absolute Gasteiger partial charge is 0.467 e. The van der Waals surface area contributed by atoms with Gasteiger partial charge in [0, 0.05) is 11.0 Å². The normalized spacial score (nSPS) is 29.5. The lowest BCUT2D eigenvalue weighted by Gasteiger charge is -2.37. The zero-order chi connectivity index (χ0) is 16.0. The van der Waals surface area contributed by atoms with Crippen LogP contribution in [0.4, 0.5) is 0 Å². The Morgan fingerprint density at radius 3 is 2.57 bits per heavy atom. The Morgan fingerprint density at radius 1 is 1.48 bits per heavy atom. The first-order chi connectivity index (χ1) is 9.71. The van der Waals surface area contributed by atoms with Crippen molar-refractivity contribution in [2.45, 2.75) is 46.4 Å². The first-order valence-corrected chi connectivity index (χ1v) is 7.09. The molecular formula is C16H23NO4. The molecule has 2 aliphatic rings. The third-order valence-electron chi connectivity index (χ3n) is 4.17. The zero-order valence-corrected chi connectivity index (χ0v) is 13.5. The second-order valence-corrected chi connectivity index (χ2v) is 6.60. The molecule has 5 heteroatoms. The number of allylic oxidation sites excluding steroid dienone is 1. The van der Waals surface area contributed by atoms with Crippen LogP contribution >= 0.6 is 0 Å². The Morgan fingerprint density at radius 2 is 2.10 bits per heavy atom. The lowest BCUT2D eigenvalue weighted by atomic mass is 9.89. The lowest BCUT2D eigenvalue weighted by molar-refractivity contribution is -0.157. The van der Waals surface area contributed by atoms with Crippen molar-refractivity contribution in [1.29, 1.82) is 0 Å². The number of fused-ring (bicyclic) bond motifs is 1. The fourth-order valence-electron chi connectivity index (χ4n) is 3.10. The molecule has 116 valence electrons. The van der Waals surface area contributed by atoms with Gasteiger partial charge in [-0.25, -0.2) is 4.79 Å². The van der Waals surface area contributed by atoms with Crippen LogP contribution < -0.4 is 0 Å². The van der Waals surface area contributed by atoms with Crippen molar-refractivity contribution in [1.82, 2.24) is 4.90 Å². The van der Waals surface area contributed by atoms with Crippen LogP contribution in [-0.4, -0.2) is 42.3 Å². The number of hydrogen-bond acceptors (Lipinski definition) is 4. The van der Waals surface area contributed by atoms with Gasteiger partial charge >= 0.3 is 5.97 Å². The topological polar surface area (TPSA) is 55.8 Å². The molecule has 1 saturated heterocycles. The van der Waals surface area contributed by atoms with Crippen LogP contribution in [0.25, 0.3) is 0 Å². The van der Waals surface area contributed by atoms with E-state index in [-0.39, 0.29) is 17.9 Å². The molecule has 0 aliphatic carbocycles. The van der Waals surface area contributed by atoms with E-state index in [0.717, 1.165) is 0 Å². The first kappa shape index (κ1) is 15.8. The second kappa shape index (κ2) is 4.98. The van der Waals surface area contributed by atoms with E-state index in [9.17, 15) is 9.59 Å². The maximum absolute atomic E-state index is 12.8. The fourth-order valence-corrected chi connectivity index (χ4v) is 3.10. The fraction of sp³-hybridized carbons (Fsp3) is 0.625. The van der Waals surface area contributed by atoms with E-state index in [1.54, 1.807) is 24.0 Å². The minimum absolute atomic E-state index is 0.139. The number of methoxy groups -OCH3 is 1. The summed E-state index contributed by atoms with van der Waals surface area (Å²) in [5, 5.41) is 0. The first-order valence-electron chi connectivity index (χ1n) is 7.09. The van der Waals surface area contributed by atoms with Crippen LogP contribution in [0.15, 0.2) is 23.3 Å². The Labute approximate surface area is 125 Å². The van der Waals surface area contributed by atoms with E-state index in [1.165, 1.54) is 7.11 Å². The summed E-state index contributed by atoms with van der Waals surface area (Å²) in [6.45, 7) is 9.75. The Kier molecular flexibility index (Phi) is 3.74. The summed E-state index contributed by atoms with van der Waals surface area (Å²) in [6.07, 6.45) is 3.10. The van der Waals surface area contributed by atoms with Gasteiger partial charge in [-0.05, 0) is 19.4 Å². The number of carbonyl (C=O) groups excluding carboxylic acids is 2. The van der Waals surface area contributed by atoms with Gasteiger partial charge in [-0.15, -0.1) is 0 Å². The highest BCUT2D eigenvalue weighted by molar-refractivity contribution is 6.07. The molecule has 0 radical (unpaired) electrons. The van der Waals surface area contributed by atoms with Crippen LogP contribution in [-0.2, 0) is 19.1 Å². The van der Waals surface area contributed by atoms with Gasteiger partial charge in [0.2, 0.25) is 0 Å². The molecule has 1 amide bonds. The van der Waals surface area contributed by atoms with Gasteiger partial charge in [0.05, 0.1) is 13.7 Å². The lowest BCUT2D eigenvalue weighted by Crippen LogP contribution is -2.56. The maximum atomic E-state index is 12.8. The van der Waals surface area contributed by atoms with Crippen LogP contribution in [0.2, 0.25) is 0 Å². The summed E-state index contributed by atoms with van der Waals surface area (Å²) in [7, 11) is 1.34. The second-order valence-electron chi connectivity index (χ2n) is 6.60. The van der Waals surface area contributed by atoms with Crippen molar-refractivity contribution in [2.75, 3.05) is 13.7 Å². The van der Waals surface area contributed by atoms with E-state index in [4.69, 9.17) is 9.47 Å². The molecule has 2 rings (SSSR count). The minimum Gasteiger partial charge on any atom is -0.467 e. The third-order valence-corrected chi connectivity index (χ3v) is 4.17. The van der Waals surface area contributed by atoms with E-state index in [1.807, 2.05) is 27.7 Å². The summed E-state index contributed by atoms with van der Waals surface area (Å²) in [5.74, 6) is -0.618. The standard InChI is InChI=1S/C16H23NO4/c1-7-8-11-10(2)16(14(19)20-6)9-21-13(15(3,4)5)17(16)12(11)18/h7-8,13H,9H2,1-6H3/b8-7+/t13-,16-/m1/s1. The summed E-state index contributed by atoms with van der Waals surface area (Å²) >= 11 is 0. The average Bonchev–Trinajstić information content (AvgIpc) is 2.90. The molecule has 0 aromatic heterocycles. The minimum atomic E-state index is -1.13. The summed E-state index contributed by atoms with van der Waals surface area (Å²) in [4.78, 5) is 26.8. The number of ether oxygens (including phenoxy) is 2. The van der Waals surface area contributed by atoms with Crippen molar-refractivity contribution in [3.63, 3.8) is 0 Å². The average molecular weight is 293 g/mol. The summed E-state index contributed by atoms with van der Waals surface area (Å²) in [5.41, 5.74) is -0.167. The molecule has 0 bridgehead atoms. The molecule has 1 fully saturated rings. The van der Waals surface area contributed by atoms with Gasteiger partial charge in [0.15, 0.2) is 5.54 Å². The van der Waals surface area contributed by atoms with E-state index in [2.05, 4.69) is 0 Å². The highest BCUT2D eigenvalue weighted by atomic mass is 16.6. The van der Waals surface area contributed by atoms with E-state index < -0.39 is 17.7 Å². The molecule has 2 aliphatic heterocycles. The Bertz CT molecular complexity index is 541. The number of esters is 1. The number of carbonyl (C=O) groups is 2. The molecule has 21 heavy (non-hydrogen) atoms. The van der Waals surface area contributed by atoms with Crippen molar-refractivity contribution in [3.8, 4) is 0 Å². The molecule has 2 heterocycles. The molecule has 0 unspecified atom stereocenters. The number of rotatable bonds is 2. The SMILES string of the molecule is C/C=C/C1=C(C)[C@@]2(C(=O)OC)CO[C@H](C(C)(C)C)N2C1=O. The van der Waals surface area contributed by atoms with Gasteiger partial charge in [0.1, 0.15) is 6.23 Å². The summed E-state index contributed by atoms with van der Waals surface area (Å²) in [6, 6.07) is 0. The van der Waals surface area contributed by atoms with Gasteiger partial charge in [-0.2, -0.15) is 0 Å². The van der Waals surface area contributed by atoms with Crippen LogP contribution in [0.3, 0.4) is 0 Å². The van der Waals surface area contributed by atoms with Crippen molar-refractivity contribution < 1.29 is 19.1 Å². The van der Waals surface area contributed by atoms with Gasteiger partial charge in [0.25, 0.3) is 5.91 Å². The van der Waals surface area contributed by atoms with Crippen molar-refractivity contribution in [2.24, 2.45) is 5.41 Å². The number of nitrogens with zero attached hydrogens (tertiary/aromatic N) is 1. The number of hydrogen-bond donors (Lipinski definition) is 0. The van der Waals surface area contributed by atoms with Crippen LogP contribution in [0.5, 0.6) is 0 Å². The molecule has 0 aromatic rings. The zero-order valence-electron chi connectivity index (χ0n) is 13.5. The monoisotopic (exact) mass is 293 g/mol. The van der Waals surface area contributed by atoms with Crippen molar-refractivity contribution in [3.05, 3.63) is 23.3 Å². The Balaban J connectivity index is 2.61. The van der Waals surface area contributed by atoms with Gasteiger partial charge in [-0.1, -0.05) is 32.9 Å². The molecule has 0 spiro atoms. The van der Waals surface area contributed by atoms with Crippen molar-refractivity contribution >= 4 is 11.9 Å². The predicted octanol–water partition coefficient (Wildman–Crippen LogP) is 2.04. The van der Waals surface area contributed by atoms with E-state index >= 15 is 0 Å². The number of amides is 1. The molecular weight excluding hydrogens is 270 g/mol. The van der Waals surface area contributed by atoms with Gasteiger partial charge < -0.3 is 9.47 Å². The molecule has 2 atom stereocenters. The molecule has 0 saturated carbocycles. The highest BCUT2D eigenvalue weighted by Crippen LogP contribution is 2.47. The predicted molar refractivity (Wildman–Crippen MR) is 78.3 cm³/mol. The molecule has 0 aromatic carbocycles. The Hall–Kier alpha value is -1.62. The smallest absolute Gasteiger partial charge is 0.338 e. The van der Waals surface area contributed by atoms with Crippen LogP contribution in [0, 0.1) is 5.41 Å². The van der Waals surface area contributed by atoms with Gasteiger partial charge in [-0.3, -0.25) is 9.69 Å². The van der Waals surface area contributed by atoms with Crippen LogP contribution in [0.1, 0.15) is 34.6 Å². The highest BCUT2D eigenvalue weighted by Gasteiger charge is 2.64. The molecule has 0 N–H and O–H groups in total.